The summed E-state index contributed by atoms with van der Waals surface area (Å²) in [6.07, 6.45) is 4.78. The largest absolute Gasteiger partial charge is 0.434 e. The predicted octanol–water partition coefficient (Wildman–Crippen LogP) is 4.89. The summed E-state index contributed by atoms with van der Waals surface area (Å²) in [4.78, 5) is 14.4. The first-order chi connectivity index (χ1) is 10.1. The Morgan fingerprint density at radius 3 is 2.67 bits per heavy atom. The third-order valence-electron chi connectivity index (χ3n) is 2.95. The minimum absolute atomic E-state index is 0.00971. The molecule has 0 fully saturated rings. The maximum Gasteiger partial charge on any atom is 0.332 e. The molecule has 5 nitrogen and oxygen atoms in total. The van der Waals surface area contributed by atoms with Gasteiger partial charge in [-0.3, -0.25) is 10.1 Å². The van der Waals surface area contributed by atoms with Gasteiger partial charge in [0.2, 0.25) is 0 Å². The van der Waals surface area contributed by atoms with E-state index in [1.54, 1.807) is 12.1 Å². The number of rotatable bonds is 6. The summed E-state index contributed by atoms with van der Waals surface area (Å²) < 4.78 is 6.05. The number of hydrogen-bond acceptors (Lipinski definition) is 4. The minimum Gasteiger partial charge on any atom is -0.434 e. The number of unbranched alkanes of at least 4 members (excludes halogenated alkanes) is 1. The monoisotopic (exact) mass is 350 g/mol. The van der Waals surface area contributed by atoms with E-state index in [9.17, 15) is 10.1 Å². The molecule has 0 amide bonds. The van der Waals surface area contributed by atoms with Crippen LogP contribution in [0.4, 0.5) is 5.69 Å². The second-order valence-electron chi connectivity index (χ2n) is 4.58. The summed E-state index contributed by atoms with van der Waals surface area (Å²) in [5.41, 5.74) is 1.06. The van der Waals surface area contributed by atoms with Crippen molar-refractivity contribution in [1.29, 1.82) is 0 Å². The number of benzene rings is 1. The van der Waals surface area contributed by atoms with Gasteiger partial charge in [0.15, 0.2) is 0 Å². The molecule has 0 radical (unpaired) electrons. The molecule has 0 N–H and O–H groups in total. The first-order valence-electron chi connectivity index (χ1n) is 6.67. The number of nitro groups is 1. The van der Waals surface area contributed by atoms with Crippen LogP contribution in [0, 0.1) is 10.1 Å². The lowest BCUT2D eigenvalue weighted by Crippen LogP contribution is -1.96. The Hall–Kier alpha value is -1.95. The Balaban J connectivity index is 2.16. The molecule has 0 spiro atoms. The molecule has 0 bridgehead atoms. The van der Waals surface area contributed by atoms with Crippen molar-refractivity contribution in [2.75, 3.05) is 0 Å². The van der Waals surface area contributed by atoms with Gasteiger partial charge in [0.25, 0.3) is 5.88 Å². The molecular formula is C15H15BrN2O3. The van der Waals surface area contributed by atoms with Crippen LogP contribution < -0.4 is 4.74 Å². The van der Waals surface area contributed by atoms with Crippen LogP contribution in [0.3, 0.4) is 0 Å². The van der Waals surface area contributed by atoms with Gasteiger partial charge >= 0.3 is 5.69 Å². The maximum absolute atomic E-state index is 11.0. The molecule has 1 aromatic heterocycles. The van der Waals surface area contributed by atoms with E-state index in [1.165, 1.54) is 17.8 Å². The SMILES string of the molecule is CCCCc1ccc(Oc2ncc(Br)cc2[N+](=O)[O-])cc1. The van der Waals surface area contributed by atoms with Crippen LogP contribution in [0.25, 0.3) is 0 Å². The number of aromatic nitrogens is 1. The van der Waals surface area contributed by atoms with Crippen molar-refractivity contribution in [2.24, 2.45) is 0 Å². The van der Waals surface area contributed by atoms with Crippen LogP contribution in [0.1, 0.15) is 25.3 Å². The standard InChI is InChI=1S/C15H15BrN2O3/c1-2-3-4-11-5-7-13(8-6-11)21-15-14(18(19)20)9-12(16)10-17-15/h5-10H,2-4H2,1H3. The average molecular weight is 351 g/mol. The van der Waals surface area contributed by atoms with E-state index < -0.39 is 4.92 Å². The predicted molar refractivity (Wildman–Crippen MR) is 83.7 cm³/mol. The van der Waals surface area contributed by atoms with Gasteiger partial charge in [-0.15, -0.1) is 0 Å². The van der Waals surface area contributed by atoms with E-state index in [1.807, 2.05) is 12.1 Å². The second-order valence-corrected chi connectivity index (χ2v) is 5.50. The third-order valence-corrected chi connectivity index (χ3v) is 3.39. The third kappa shape index (κ3) is 4.26. The van der Waals surface area contributed by atoms with Crippen molar-refractivity contribution in [1.82, 2.24) is 4.98 Å². The summed E-state index contributed by atoms with van der Waals surface area (Å²) in [6.45, 7) is 2.15. The Bertz CT molecular complexity index is 629. The van der Waals surface area contributed by atoms with Gasteiger partial charge in [0.05, 0.1) is 4.92 Å². The number of halogens is 1. The van der Waals surface area contributed by atoms with Gasteiger partial charge < -0.3 is 4.74 Å². The molecule has 0 unspecified atom stereocenters. The molecule has 0 atom stereocenters. The van der Waals surface area contributed by atoms with Gasteiger partial charge in [0.1, 0.15) is 5.75 Å². The lowest BCUT2D eigenvalue weighted by atomic mass is 10.1. The lowest BCUT2D eigenvalue weighted by molar-refractivity contribution is -0.386. The Morgan fingerprint density at radius 2 is 2.05 bits per heavy atom. The smallest absolute Gasteiger partial charge is 0.332 e. The van der Waals surface area contributed by atoms with E-state index in [4.69, 9.17) is 4.74 Å². The Kier molecular flexibility index (Phi) is 5.27. The maximum atomic E-state index is 11.0. The zero-order chi connectivity index (χ0) is 15.2. The number of hydrogen-bond donors (Lipinski definition) is 0. The van der Waals surface area contributed by atoms with Crippen molar-refractivity contribution < 1.29 is 9.66 Å². The highest BCUT2D eigenvalue weighted by Crippen LogP contribution is 2.31. The number of pyridine rings is 1. The molecule has 1 aromatic carbocycles. The molecule has 0 saturated carbocycles. The summed E-state index contributed by atoms with van der Waals surface area (Å²) in [5.74, 6) is 0.526. The molecule has 110 valence electrons. The molecule has 2 aromatic rings. The molecule has 0 aliphatic carbocycles. The fourth-order valence-corrected chi connectivity index (χ4v) is 2.16. The number of ether oxygens (including phenoxy) is 1. The summed E-state index contributed by atoms with van der Waals surface area (Å²) in [7, 11) is 0. The zero-order valence-corrected chi connectivity index (χ0v) is 13.2. The Labute approximate surface area is 131 Å². The van der Waals surface area contributed by atoms with Crippen LogP contribution in [-0.4, -0.2) is 9.91 Å². The second kappa shape index (κ2) is 7.17. The van der Waals surface area contributed by atoms with Crippen LogP contribution in [-0.2, 0) is 6.42 Å². The van der Waals surface area contributed by atoms with Crippen LogP contribution in [0.5, 0.6) is 11.6 Å². The van der Waals surface area contributed by atoms with Crippen molar-refractivity contribution >= 4 is 21.6 Å². The highest BCUT2D eigenvalue weighted by Gasteiger charge is 2.18. The quantitative estimate of drug-likeness (QED) is 0.549. The fraction of sp³-hybridized carbons (Fsp3) is 0.267. The molecule has 2 rings (SSSR count). The van der Waals surface area contributed by atoms with Gasteiger partial charge in [-0.2, -0.15) is 0 Å². The van der Waals surface area contributed by atoms with Crippen LogP contribution in [0.2, 0.25) is 0 Å². The van der Waals surface area contributed by atoms with Crippen molar-refractivity contribution in [3.63, 3.8) is 0 Å². The summed E-state index contributed by atoms with van der Waals surface area (Å²) >= 11 is 3.16. The molecule has 6 heteroatoms. The van der Waals surface area contributed by atoms with Crippen molar-refractivity contribution in [3.05, 3.63) is 56.7 Å². The topological polar surface area (TPSA) is 65.3 Å². The van der Waals surface area contributed by atoms with E-state index >= 15 is 0 Å². The van der Waals surface area contributed by atoms with Gasteiger partial charge in [-0.25, -0.2) is 4.98 Å². The molecule has 0 aliphatic heterocycles. The first-order valence-corrected chi connectivity index (χ1v) is 7.46. The number of aryl methyl sites for hydroxylation is 1. The fourth-order valence-electron chi connectivity index (χ4n) is 1.84. The molecule has 0 saturated heterocycles. The highest BCUT2D eigenvalue weighted by atomic mass is 79.9. The van der Waals surface area contributed by atoms with Gasteiger partial charge in [0, 0.05) is 16.7 Å². The minimum atomic E-state index is -0.511. The number of nitrogens with zero attached hydrogens (tertiary/aromatic N) is 2. The molecule has 0 aliphatic rings. The van der Waals surface area contributed by atoms with Crippen LogP contribution >= 0.6 is 15.9 Å². The van der Waals surface area contributed by atoms with Gasteiger partial charge in [-0.05, 0) is 46.5 Å². The summed E-state index contributed by atoms with van der Waals surface area (Å²) in [6, 6.07) is 8.92. The van der Waals surface area contributed by atoms with E-state index in [-0.39, 0.29) is 11.6 Å². The van der Waals surface area contributed by atoms with Gasteiger partial charge in [-0.1, -0.05) is 25.5 Å². The molecular weight excluding hydrogens is 336 g/mol. The summed E-state index contributed by atoms with van der Waals surface area (Å²) in [5, 5.41) is 11.0. The van der Waals surface area contributed by atoms with E-state index in [0.717, 1.165) is 19.3 Å². The molecule has 1 heterocycles. The van der Waals surface area contributed by atoms with Crippen molar-refractivity contribution in [2.45, 2.75) is 26.2 Å². The van der Waals surface area contributed by atoms with Crippen LogP contribution in [0.15, 0.2) is 41.0 Å². The Morgan fingerprint density at radius 1 is 1.33 bits per heavy atom. The lowest BCUT2D eigenvalue weighted by Gasteiger charge is -2.06. The molecule has 21 heavy (non-hydrogen) atoms. The van der Waals surface area contributed by atoms with E-state index in [2.05, 4.69) is 27.8 Å². The normalized spacial score (nSPS) is 10.4. The van der Waals surface area contributed by atoms with Crippen molar-refractivity contribution in [3.8, 4) is 11.6 Å². The highest BCUT2D eigenvalue weighted by molar-refractivity contribution is 9.10. The van der Waals surface area contributed by atoms with E-state index in [0.29, 0.717) is 10.2 Å². The zero-order valence-electron chi connectivity index (χ0n) is 11.6. The first kappa shape index (κ1) is 15.4. The average Bonchev–Trinajstić information content (AvgIpc) is 2.48.